The molecule has 3 aromatic rings. The highest BCUT2D eigenvalue weighted by atomic mass is 16.5. The highest BCUT2D eigenvalue weighted by molar-refractivity contribution is 5.79. The first-order valence-electron chi connectivity index (χ1n) is 8.51. The van der Waals surface area contributed by atoms with Crippen LogP contribution in [0.5, 0.6) is 0 Å². The molecule has 7 heteroatoms. The minimum Gasteiger partial charge on any atom is -0.364 e. The van der Waals surface area contributed by atoms with Gasteiger partial charge in [-0.05, 0) is 31.5 Å². The molecule has 26 heavy (non-hydrogen) atoms. The van der Waals surface area contributed by atoms with E-state index in [-0.39, 0.29) is 0 Å². The van der Waals surface area contributed by atoms with E-state index in [0.29, 0.717) is 13.1 Å². The van der Waals surface area contributed by atoms with E-state index in [9.17, 15) is 0 Å². The Kier molecular flexibility index (Phi) is 5.36. The molecule has 1 N–H and O–H groups in total. The van der Waals surface area contributed by atoms with Crippen LogP contribution >= 0.6 is 0 Å². The molecule has 0 bridgehead atoms. The van der Waals surface area contributed by atoms with E-state index in [0.717, 1.165) is 34.3 Å². The third-order valence-electron chi connectivity index (χ3n) is 4.13. The minimum absolute atomic E-state index is 0.620. The van der Waals surface area contributed by atoms with Crippen molar-refractivity contribution >= 4 is 5.96 Å². The number of aryl methyl sites for hydroxylation is 2. The van der Waals surface area contributed by atoms with Gasteiger partial charge >= 0.3 is 0 Å². The van der Waals surface area contributed by atoms with Crippen LogP contribution in [-0.4, -0.2) is 39.9 Å². The van der Waals surface area contributed by atoms with E-state index in [4.69, 9.17) is 4.52 Å². The van der Waals surface area contributed by atoms with Crippen LogP contribution in [0.4, 0.5) is 0 Å². The Morgan fingerprint density at radius 3 is 2.73 bits per heavy atom. The first kappa shape index (κ1) is 17.7. The number of benzene rings is 1. The lowest BCUT2D eigenvalue weighted by Crippen LogP contribution is -2.38. The zero-order valence-electron chi connectivity index (χ0n) is 15.6. The fraction of sp³-hybridized carbons (Fsp3) is 0.316. The molecule has 0 aliphatic rings. The SMILES string of the molecule is CN=C(NCc1ccccc1-n1nc(C)cc1C)N(C)Cc1ccon1. The predicted molar refractivity (Wildman–Crippen MR) is 101 cm³/mol. The molecule has 0 radical (unpaired) electrons. The van der Waals surface area contributed by atoms with Crippen LogP contribution in [0.3, 0.4) is 0 Å². The number of guanidine groups is 1. The van der Waals surface area contributed by atoms with Crippen molar-refractivity contribution in [3.63, 3.8) is 0 Å². The van der Waals surface area contributed by atoms with Gasteiger partial charge in [0.1, 0.15) is 12.0 Å². The maximum Gasteiger partial charge on any atom is 0.194 e. The molecule has 0 fully saturated rings. The molecule has 2 aromatic heterocycles. The highest BCUT2D eigenvalue weighted by Gasteiger charge is 2.11. The van der Waals surface area contributed by atoms with Crippen molar-refractivity contribution in [3.05, 3.63) is 65.3 Å². The number of nitrogens with zero attached hydrogens (tertiary/aromatic N) is 5. The lowest BCUT2D eigenvalue weighted by atomic mass is 10.1. The maximum absolute atomic E-state index is 4.89. The summed E-state index contributed by atoms with van der Waals surface area (Å²) in [6.45, 7) is 5.33. The average molecular weight is 352 g/mol. The number of para-hydroxylation sites is 1. The van der Waals surface area contributed by atoms with E-state index in [1.54, 1.807) is 13.3 Å². The summed E-state index contributed by atoms with van der Waals surface area (Å²) in [4.78, 5) is 6.36. The first-order valence-corrected chi connectivity index (χ1v) is 8.51. The van der Waals surface area contributed by atoms with Crippen molar-refractivity contribution in [2.45, 2.75) is 26.9 Å². The normalized spacial score (nSPS) is 11.6. The van der Waals surface area contributed by atoms with E-state index in [1.165, 1.54) is 0 Å². The molecule has 0 saturated carbocycles. The molecule has 2 heterocycles. The maximum atomic E-state index is 4.89. The van der Waals surface area contributed by atoms with Gasteiger partial charge in [-0.2, -0.15) is 5.10 Å². The van der Waals surface area contributed by atoms with E-state index in [1.807, 2.05) is 41.8 Å². The zero-order valence-corrected chi connectivity index (χ0v) is 15.6. The van der Waals surface area contributed by atoms with Gasteiger partial charge in [0.15, 0.2) is 5.96 Å². The quantitative estimate of drug-likeness (QED) is 0.565. The van der Waals surface area contributed by atoms with Crippen LogP contribution in [0.25, 0.3) is 5.69 Å². The molecule has 7 nitrogen and oxygen atoms in total. The van der Waals surface area contributed by atoms with Gasteiger partial charge in [0, 0.05) is 32.4 Å². The van der Waals surface area contributed by atoms with Gasteiger partial charge in [-0.15, -0.1) is 0 Å². The smallest absolute Gasteiger partial charge is 0.194 e. The molecule has 3 rings (SSSR count). The van der Waals surface area contributed by atoms with Crippen LogP contribution in [0.2, 0.25) is 0 Å². The van der Waals surface area contributed by atoms with Crippen molar-refractivity contribution in [2.24, 2.45) is 4.99 Å². The van der Waals surface area contributed by atoms with E-state index >= 15 is 0 Å². The second kappa shape index (κ2) is 7.86. The van der Waals surface area contributed by atoms with Gasteiger partial charge in [0.05, 0.1) is 17.9 Å². The van der Waals surface area contributed by atoms with E-state index < -0.39 is 0 Å². The fourth-order valence-corrected chi connectivity index (χ4v) is 2.94. The Hall–Kier alpha value is -3.09. The van der Waals surface area contributed by atoms with Crippen LogP contribution < -0.4 is 5.32 Å². The second-order valence-corrected chi connectivity index (χ2v) is 6.22. The Morgan fingerprint density at radius 2 is 2.08 bits per heavy atom. The third-order valence-corrected chi connectivity index (χ3v) is 4.13. The molecule has 1 aromatic carbocycles. The van der Waals surface area contributed by atoms with Gasteiger partial charge in [0.2, 0.25) is 0 Å². The summed E-state index contributed by atoms with van der Waals surface area (Å²) in [6.07, 6.45) is 1.57. The molecule has 0 aliphatic heterocycles. The summed E-state index contributed by atoms with van der Waals surface area (Å²) in [6, 6.07) is 12.2. The molecule has 0 amide bonds. The summed E-state index contributed by atoms with van der Waals surface area (Å²) < 4.78 is 6.87. The largest absolute Gasteiger partial charge is 0.364 e. The van der Waals surface area contributed by atoms with Crippen molar-refractivity contribution in [1.82, 2.24) is 25.2 Å². The number of aromatic nitrogens is 3. The standard InChI is InChI=1S/C19H24N6O/c1-14-11-15(2)25(22-14)18-8-6-5-7-16(18)12-21-19(20-3)24(4)13-17-9-10-26-23-17/h5-11H,12-13H2,1-4H3,(H,20,21). The summed E-state index contributed by atoms with van der Waals surface area (Å²) in [7, 11) is 3.74. The first-order chi connectivity index (χ1) is 12.6. The molecule has 0 aliphatic carbocycles. The molecule has 0 atom stereocenters. The van der Waals surface area contributed by atoms with Gasteiger partial charge in [0.25, 0.3) is 0 Å². The van der Waals surface area contributed by atoms with Crippen molar-refractivity contribution in [2.75, 3.05) is 14.1 Å². The summed E-state index contributed by atoms with van der Waals surface area (Å²) >= 11 is 0. The molecule has 136 valence electrons. The minimum atomic E-state index is 0.620. The Morgan fingerprint density at radius 1 is 1.27 bits per heavy atom. The third kappa shape index (κ3) is 3.93. The average Bonchev–Trinajstić information content (AvgIpc) is 3.25. The Labute approximate surface area is 153 Å². The Bertz CT molecular complexity index is 881. The summed E-state index contributed by atoms with van der Waals surface area (Å²) in [5.74, 6) is 0.788. The molecule has 0 saturated heterocycles. The van der Waals surface area contributed by atoms with Gasteiger partial charge in [-0.25, -0.2) is 4.68 Å². The Balaban J connectivity index is 1.74. The number of aliphatic imine (C=N–C) groups is 1. The van der Waals surface area contributed by atoms with Gasteiger partial charge < -0.3 is 14.7 Å². The monoisotopic (exact) mass is 352 g/mol. The van der Waals surface area contributed by atoms with Crippen LogP contribution in [-0.2, 0) is 13.1 Å². The van der Waals surface area contributed by atoms with Gasteiger partial charge in [-0.1, -0.05) is 23.4 Å². The summed E-state index contributed by atoms with van der Waals surface area (Å²) in [5, 5.41) is 12.0. The fourth-order valence-electron chi connectivity index (χ4n) is 2.94. The molecule has 0 unspecified atom stereocenters. The lowest BCUT2D eigenvalue weighted by Gasteiger charge is -2.21. The number of nitrogens with one attached hydrogen (secondary N) is 1. The number of rotatable bonds is 5. The molecule has 0 spiro atoms. The number of hydrogen-bond acceptors (Lipinski definition) is 4. The van der Waals surface area contributed by atoms with Gasteiger partial charge in [-0.3, -0.25) is 4.99 Å². The second-order valence-electron chi connectivity index (χ2n) is 6.22. The highest BCUT2D eigenvalue weighted by Crippen LogP contribution is 2.17. The van der Waals surface area contributed by atoms with Crippen molar-refractivity contribution < 1.29 is 4.52 Å². The van der Waals surface area contributed by atoms with Crippen molar-refractivity contribution in [1.29, 1.82) is 0 Å². The summed E-state index contributed by atoms with van der Waals surface area (Å²) in [5.41, 5.74) is 5.20. The van der Waals surface area contributed by atoms with Crippen LogP contribution in [0.1, 0.15) is 22.6 Å². The number of hydrogen-bond donors (Lipinski definition) is 1. The molecular weight excluding hydrogens is 328 g/mol. The molecular formula is C19H24N6O. The van der Waals surface area contributed by atoms with Crippen molar-refractivity contribution in [3.8, 4) is 5.69 Å². The topological polar surface area (TPSA) is 71.5 Å². The van der Waals surface area contributed by atoms with Crippen LogP contribution in [0, 0.1) is 13.8 Å². The zero-order chi connectivity index (χ0) is 18.5. The predicted octanol–water partition coefficient (Wildman–Crippen LogP) is 2.68. The lowest BCUT2D eigenvalue weighted by molar-refractivity contribution is 0.391. The van der Waals surface area contributed by atoms with Crippen LogP contribution in [0.15, 0.2) is 52.2 Å². The van der Waals surface area contributed by atoms with E-state index in [2.05, 4.69) is 45.7 Å².